The lowest BCUT2D eigenvalue weighted by Gasteiger charge is -2.16. The number of para-hydroxylation sites is 1. The number of ether oxygens (including phenoxy) is 1. The van der Waals surface area contributed by atoms with Gasteiger partial charge in [0.15, 0.2) is 0 Å². The molecule has 3 amide bonds. The third-order valence-electron chi connectivity index (χ3n) is 3.21. The second kappa shape index (κ2) is 5.50. The Kier molecular flexibility index (Phi) is 3.94. The Morgan fingerprint density at radius 1 is 1.30 bits per heavy atom. The number of imide groups is 1. The van der Waals surface area contributed by atoms with Crippen LogP contribution in [0.15, 0.2) is 24.3 Å². The third kappa shape index (κ3) is 2.75. The molecule has 20 heavy (non-hydrogen) atoms. The molecule has 1 aliphatic rings. The fraction of sp³-hybridized carbons (Fsp3) is 0.429. The first kappa shape index (κ1) is 14.3. The van der Waals surface area contributed by atoms with E-state index in [-0.39, 0.29) is 25.1 Å². The van der Waals surface area contributed by atoms with Crippen LogP contribution in [0.25, 0.3) is 0 Å². The van der Waals surface area contributed by atoms with Gasteiger partial charge >= 0.3 is 6.03 Å². The van der Waals surface area contributed by atoms with Crippen molar-refractivity contribution in [3.63, 3.8) is 0 Å². The molecule has 1 aliphatic heterocycles. The Balaban J connectivity index is 1.94. The number of nitrogens with two attached hydrogens (primary N) is 1. The van der Waals surface area contributed by atoms with Crippen molar-refractivity contribution in [2.75, 3.05) is 13.2 Å². The van der Waals surface area contributed by atoms with Crippen LogP contribution in [0.5, 0.6) is 5.75 Å². The largest absolute Gasteiger partial charge is 0.491 e. The summed E-state index contributed by atoms with van der Waals surface area (Å²) in [6, 6.07) is 7.06. The molecule has 0 saturated carbocycles. The van der Waals surface area contributed by atoms with Crippen LogP contribution in [-0.4, -0.2) is 35.5 Å². The molecule has 1 saturated heterocycles. The number of rotatable bonds is 5. The molecule has 0 atom stereocenters. The maximum atomic E-state index is 12.0. The van der Waals surface area contributed by atoms with Crippen molar-refractivity contribution < 1.29 is 14.3 Å². The molecule has 0 aliphatic carbocycles. The number of benzene rings is 1. The van der Waals surface area contributed by atoms with Gasteiger partial charge in [0.05, 0.1) is 6.54 Å². The fourth-order valence-corrected chi connectivity index (χ4v) is 2.08. The molecule has 0 aromatic heterocycles. The molecule has 0 bridgehead atoms. The van der Waals surface area contributed by atoms with Crippen molar-refractivity contribution >= 4 is 11.9 Å². The number of hydrogen-bond donors (Lipinski definition) is 2. The highest BCUT2D eigenvalue weighted by molar-refractivity contribution is 6.06. The van der Waals surface area contributed by atoms with Crippen LogP contribution in [-0.2, 0) is 11.3 Å². The van der Waals surface area contributed by atoms with Gasteiger partial charge in [-0.2, -0.15) is 0 Å². The number of urea groups is 1. The van der Waals surface area contributed by atoms with Gasteiger partial charge < -0.3 is 15.8 Å². The minimum Gasteiger partial charge on any atom is -0.491 e. The average molecular weight is 277 g/mol. The Morgan fingerprint density at radius 2 is 2.00 bits per heavy atom. The van der Waals surface area contributed by atoms with E-state index in [0.29, 0.717) is 12.3 Å². The summed E-state index contributed by atoms with van der Waals surface area (Å²) in [5, 5.41) is 2.63. The predicted octanol–water partition coefficient (Wildman–Crippen LogP) is 0.854. The molecule has 0 spiro atoms. The van der Waals surface area contributed by atoms with Crippen LogP contribution in [0.2, 0.25) is 0 Å². The summed E-state index contributed by atoms with van der Waals surface area (Å²) in [5.74, 6) is 0.444. The van der Waals surface area contributed by atoms with Crippen LogP contribution in [0.3, 0.4) is 0 Å². The van der Waals surface area contributed by atoms with Gasteiger partial charge in [0.1, 0.15) is 17.9 Å². The second-order valence-corrected chi connectivity index (χ2v) is 5.17. The maximum Gasteiger partial charge on any atom is 0.325 e. The Morgan fingerprint density at radius 3 is 2.60 bits per heavy atom. The average Bonchev–Trinajstić information content (AvgIpc) is 2.61. The Labute approximate surface area is 117 Å². The maximum absolute atomic E-state index is 12.0. The number of carbonyl (C=O) groups is 2. The van der Waals surface area contributed by atoms with Crippen molar-refractivity contribution in [3.05, 3.63) is 29.8 Å². The molecular weight excluding hydrogens is 258 g/mol. The molecule has 6 heteroatoms. The predicted molar refractivity (Wildman–Crippen MR) is 74.2 cm³/mol. The lowest BCUT2D eigenvalue weighted by atomic mass is 10.1. The summed E-state index contributed by atoms with van der Waals surface area (Å²) in [5.41, 5.74) is 5.67. The molecule has 1 heterocycles. The monoisotopic (exact) mass is 277 g/mol. The van der Waals surface area contributed by atoms with Crippen molar-refractivity contribution in [2.45, 2.75) is 25.9 Å². The first-order valence-electron chi connectivity index (χ1n) is 6.50. The minimum absolute atomic E-state index is 0.215. The van der Waals surface area contributed by atoms with Gasteiger partial charge in [-0.3, -0.25) is 9.69 Å². The number of nitrogens with one attached hydrogen (secondary N) is 1. The zero-order valence-electron chi connectivity index (χ0n) is 11.7. The molecule has 0 unspecified atom stereocenters. The molecule has 0 radical (unpaired) electrons. The van der Waals surface area contributed by atoms with E-state index in [4.69, 9.17) is 10.5 Å². The highest BCUT2D eigenvalue weighted by Gasteiger charge is 2.43. The van der Waals surface area contributed by atoms with Crippen LogP contribution in [0.4, 0.5) is 4.79 Å². The first-order valence-corrected chi connectivity index (χ1v) is 6.50. The summed E-state index contributed by atoms with van der Waals surface area (Å²) < 4.78 is 5.60. The second-order valence-electron chi connectivity index (χ2n) is 5.17. The van der Waals surface area contributed by atoms with E-state index >= 15 is 0 Å². The highest BCUT2D eigenvalue weighted by Crippen LogP contribution is 2.19. The van der Waals surface area contributed by atoms with E-state index in [9.17, 15) is 9.59 Å². The van der Waals surface area contributed by atoms with Crippen molar-refractivity contribution in [3.8, 4) is 5.75 Å². The summed E-state index contributed by atoms with van der Waals surface area (Å²) >= 11 is 0. The van der Waals surface area contributed by atoms with Gasteiger partial charge in [0, 0.05) is 12.1 Å². The third-order valence-corrected chi connectivity index (χ3v) is 3.21. The van der Waals surface area contributed by atoms with Crippen molar-refractivity contribution in [1.82, 2.24) is 10.2 Å². The molecule has 2 rings (SSSR count). The Hall–Kier alpha value is -2.08. The lowest BCUT2D eigenvalue weighted by molar-refractivity contribution is -0.130. The summed E-state index contributed by atoms with van der Waals surface area (Å²) in [4.78, 5) is 24.8. The van der Waals surface area contributed by atoms with E-state index in [1.165, 1.54) is 4.90 Å². The molecule has 3 N–H and O–H groups in total. The number of carbonyl (C=O) groups excluding carboxylic acids is 2. The fourth-order valence-electron chi connectivity index (χ4n) is 2.08. The number of nitrogens with zero attached hydrogens (tertiary/aromatic N) is 1. The summed E-state index contributed by atoms with van der Waals surface area (Å²) in [7, 11) is 0. The quantitative estimate of drug-likeness (QED) is 0.782. The van der Waals surface area contributed by atoms with Crippen molar-refractivity contribution in [2.24, 2.45) is 5.73 Å². The standard InChI is InChI=1S/C14H19N3O3/c1-14(2)12(18)17(13(19)16-14)7-8-20-11-6-4-3-5-10(11)9-15/h3-6H,7-9,15H2,1-2H3,(H,16,19). The molecule has 1 aromatic rings. The molecule has 1 fully saturated rings. The normalized spacial score (nSPS) is 17.2. The molecular formula is C14H19N3O3. The summed E-state index contributed by atoms with van der Waals surface area (Å²) in [6.45, 7) is 4.20. The topological polar surface area (TPSA) is 84.7 Å². The van der Waals surface area contributed by atoms with Crippen molar-refractivity contribution in [1.29, 1.82) is 0 Å². The first-order chi connectivity index (χ1) is 9.45. The van der Waals surface area contributed by atoms with E-state index in [1.807, 2.05) is 24.3 Å². The van der Waals surface area contributed by atoms with E-state index in [0.717, 1.165) is 5.56 Å². The number of amides is 3. The zero-order chi connectivity index (χ0) is 14.8. The van der Waals surface area contributed by atoms with Crippen LogP contribution < -0.4 is 15.8 Å². The lowest BCUT2D eigenvalue weighted by Crippen LogP contribution is -2.40. The smallest absolute Gasteiger partial charge is 0.325 e. The number of hydrogen-bond acceptors (Lipinski definition) is 4. The Bertz CT molecular complexity index is 528. The molecule has 6 nitrogen and oxygen atoms in total. The van der Waals surface area contributed by atoms with Crippen LogP contribution in [0.1, 0.15) is 19.4 Å². The van der Waals surface area contributed by atoms with Gasteiger partial charge in [-0.25, -0.2) is 4.79 Å². The van der Waals surface area contributed by atoms with Gasteiger partial charge in [-0.15, -0.1) is 0 Å². The minimum atomic E-state index is -0.841. The SMILES string of the molecule is CC1(C)NC(=O)N(CCOc2ccccc2CN)C1=O. The van der Waals surface area contributed by atoms with E-state index in [2.05, 4.69) is 5.32 Å². The van der Waals surface area contributed by atoms with Crippen LogP contribution in [0, 0.1) is 0 Å². The van der Waals surface area contributed by atoms with Gasteiger partial charge in [-0.05, 0) is 19.9 Å². The van der Waals surface area contributed by atoms with Gasteiger partial charge in [0.25, 0.3) is 5.91 Å². The van der Waals surface area contributed by atoms with Gasteiger partial charge in [0.2, 0.25) is 0 Å². The molecule has 108 valence electrons. The zero-order valence-corrected chi connectivity index (χ0v) is 11.7. The van der Waals surface area contributed by atoms with Gasteiger partial charge in [-0.1, -0.05) is 18.2 Å². The van der Waals surface area contributed by atoms with E-state index in [1.54, 1.807) is 13.8 Å². The van der Waals surface area contributed by atoms with Crippen LogP contribution >= 0.6 is 0 Å². The van der Waals surface area contributed by atoms with E-state index < -0.39 is 5.54 Å². The summed E-state index contributed by atoms with van der Waals surface area (Å²) in [6.07, 6.45) is 0. The highest BCUT2D eigenvalue weighted by atomic mass is 16.5. The molecule has 1 aromatic carbocycles.